The summed E-state index contributed by atoms with van der Waals surface area (Å²) in [5.74, 6) is -0.694. The monoisotopic (exact) mass is 366 g/mol. The van der Waals surface area contributed by atoms with Crippen molar-refractivity contribution in [3.8, 4) is 11.3 Å². The molecule has 0 bridgehead atoms. The van der Waals surface area contributed by atoms with Crippen LogP contribution in [0.5, 0.6) is 0 Å². The van der Waals surface area contributed by atoms with Crippen molar-refractivity contribution in [1.29, 1.82) is 0 Å². The van der Waals surface area contributed by atoms with E-state index in [9.17, 15) is 9.59 Å². The molecule has 0 unspecified atom stereocenters. The summed E-state index contributed by atoms with van der Waals surface area (Å²) in [6.07, 6.45) is -1.06. The van der Waals surface area contributed by atoms with Crippen LogP contribution in [0.3, 0.4) is 0 Å². The van der Waals surface area contributed by atoms with Gasteiger partial charge in [-0.15, -0.1) is 0 Å². The molecule has 7 heteroatoms. The highest BCUT2D eigenvalue weighted by Gasteiger charge is 2.20. The van der Waals surface area contributed by atoms with Crippen LogP contribution in [0.1, 0.15) is 34.6 Å². The number of amides is 1. The minimum Gasteiger partial charge on any atom is -0.478 e. The van der Waals surface area contributed by atoms with Crippen LogP contribution in [0.2, 0.25) is 0 Å². The molecule has 27 heavy (non-hydrogen) atoms. The van der Waals surface area contributed by atoms with Crippen LogP contribution in [0.4, 0.5) is 10.5 Å². The van der Waals surface area contributed by atoms with E-state index in [0.717, 1.165) is 5.56 Å². The molecule has 7 nitrogen and oxygen atoms in total. The van der Waals surface area contributed by atoms with E-state index in [-0.39, 0.29) is 5.56 Å². The second-order valence-corrected chi connectivity index (χ2v) is 5.94. The first-order valence-electron chi connectivity index (χ1n) is 8.28. The van der Waals surface area contributed by atoms with Gasteiger partial charge in [0.1, 0.15) is 17.5 Å². The second-order valence-electron chi connectivity index (χ2n) is 5.94. The molecule has 3 rings (SSSR count). The topological polar surface area (TPSA) is 102 Å². The van der Waals surface area contributed by atoms with Gasteiger partial charge in [0.15, 0.2) is 5.76 Å². The normalized spacial score (nSPS) is 11.6. The fourth-order valence-electron chi connectivity index (χ4n) is 2.56. The molecule has 0 saturated heterocycles. The van der Waals surface area contributed by atoms with E-state index in [0.29, 0.717) is 22.7 Å². The van der Waals surface area contributed by atoms with Gasteiger partial charge in [-0.3, -0.25) is 5.32 Å². The lowest BCUT2D eigenvalue weighted by molar-refractivity contribution is 0.0696. The number of hydrogen-bond acceptors (Lipinski definition) is 5. The molecule has 0 aliphatic heterocycles. The Hall–Kier alpha value is -3.61. The lowest BCUT2D eigenvalue weighted by atomic mass is 10.1. The lowest BCUT2D eigenvalue weighted by Crippen LogP contribution is -2.16. The number of rotatable bonds is 5. The number of nitrogens with zero attached hydrogens (tertiary/aromatic N) is 1. The third-order valence-electron chi connectivity index (χ3n) is 4.04. The van der Waals surface area contributed by atoms with Gasteiger partial charge >= 0.3 is 12.1 Å². The molecule has 0 fully saturated rings. The molecular formula is C20H18N2O5. The number of carboxylic acid groups (broad SMARTS) is 1. The Labute approximate surface area is 155 Å². The number of carboxylic acids is 1. The van der Waals surface area contributed by atoms with Crippen LogP contribution in [0.15, 0.2) is 59.1 Å². The van der Waals surface area contributed by atoms with E-state index in [1.807, 2.05) is 30.3 Å². The zero-order valence-corrected chi connectivity index (χ0v) is 14.8. The third kappa shape index (κ3) is 4.14. The molecule has 0 radical (unpaired) electrons. The first-order valence-corrected chi connectivity index (χ1v) is 8.28. The fourth-order valence-corrected chi connectivity index (χ4v) is 2.56. The average Bonchev–Trinajstić information content (AvgIpc) is 3.03. The van der Waals surface area contributed by atoms with Crippen LogP contribution in [0.25, 0.3) is 11.3 Å². The highest BCUT2D eigenvalue weighted by molar-refractivity contribution is 5.92. The Balaban J connectivity index is 1.76. The molecule has 2 N–H and O–H groups in total. The van der Waals surface area contributed by atoms with Crippen LogP contribution in [-0.4, -0.2) is 22.3 Å². The van der Waals surface area contributed by atoms with E-state index in [4.69, 9.17) is 14.4 Å². The standard InChI is InChI=1S/C20H18N2O5/c1-12-17(21-20(25)26-13(2)14-6-4-3-5-7-14)18(27-22-12)15-8-10-16(11-9-15)19(23)24/h3-11,13H,1-2H3,(H,21,25)(H,23,24)/t13-/m0/s1. The quantitative estimate of drug-likeness (QED) is 0.681. The number of carbonyl (C=O) groups is 2. The zero-order chi connectivity index (χ0) is 19.4. The molecule has 0 aliphatic rings. The molecular weight excluding hydrogens is 348 g/mol. The molecule has 1 amide bonds. The maximum Gasteiger partial charge on any atom is 0.412 e. The van der Waals surface area contributed by atoms with E-state index in [1.54, 1.807) is 26.0 Å². The van der Waals surface area contributed by atoms with Crippen molar-refractivity contribution in [1.82, 2.24) is 5.16 Å². The Morgan fingerprint density at radius 3 is 2.41 bits per heavy atom. The van der Waals surface area contributed by atoms with Crippen molar-refractivity contribution in [2.45, 2.75) is 20.0 Å². The van der Waals surface area contributed by atoms with Crippen molar-refractivity contribution >= 4 is 17.7 Å². The number of aromatic carboxylic acids is 1. The number of ether oxygens (including phenoxy) is 1. The maximum absolute atomic E-state index is 12.3. The molecule has 1 aromatic heterocycles. The number of benzene rings is 2. The van der Waals surface area contributed by atoms with E-state index in [2.05, 4.69) is 10.5 Å². The number of carbonyl (C=O) groups excluding carboxylic acids is 1. The van der Waals surface area contributed by atoms with Crippen LogP contribution >= 0.6 is 0 Å². The fraction of sp³-hybridized carbons (Fsp3) is 0.150. The number of aromatic nitrogens is 1. The summed E-state index contributed by atoms with van der Waals surface area (Å²) in [4.78, 5) is 23.3. The van der Waals surface area contributed by atoms with Crippen molar-refractivity contribution in [3.63, 3.8) is 0 Å². The third-order valence-corrected chi connectivity index (χ3v) is 4.04. The Bertz CT molecular complexity index is 948. The molecule has 1 heterocycles. The SMILES string of the molecule is Cc1noc(-c2ccc(C(=O)O)cc2)c1NC(=O)O[C@@H](C)c1ccccc1. The Kier molecular flexibility index (Phi) is 5.21. The van der Waals surface area contributed by atoms with E-state index in [1.165, 1.54) is 12.1 Å². The minimum absolute atomic E-state index is 0.153. The van der Waals surface area contributed by atoms with Gasteiger partial charge in [0.25, 0.3) is 0 Å². The summed E-state index contributed by atoms with van der Waals surface area (Å²) in [6, 6.07) is 15.5. The van der Waals surface area contributed by atoms with Gasteiger partial charge in [0, 0.05) is 5.56 Å². The summed E-state index contributed by atoms with van der Waals surface area (Å²) in [5, 5.41) is 15.5. The second kappa shape index (κ2) is 7.74. The van der Waals surface area contributed by atoms with Gasteiger partial charge in [-0.05, 0) is 31.5 Å². The highest BCUT2D eigenvalue weighted by atomic mass is 16.6. The van der Waals surface area contributed by atoms with Crippen LogP contribution in [-0.2, 0) is 4.74 Å². The summed E-state index contributed by atoms with van der Waals surface area (Å²) in [7, 11) is 0. The predicted octanol–water partition coefficient (Wildman–Crippen LogP) is 4.66. The summed E-state index contributed by atoms with van der Waals surface area (Å²) < 4.78 is 10.7. The van der Waals surface area contributed by atoms with Crippen LogP contribution < -0.4 is 5.32 Å². The summed E-state index contributed by atoms with van der Waals surface area (Å²) in [6.45, 7) is 3.47. The van der Waals surface area contributed by atoms with Crippen molar-refractivity contribution < 1.29 is 24.0 Å². The molecule has 0 saturated carbocycles. The van der Waals surface area contributed by atoms with Gasteiger partial charge in [-0.2, -0.15) is 0 Å². The summed E-state index contributed by atoms with van der Waals surface area (Å²) >= 11 is 0. The van der Waals surface area contributed by atoms with E-state index >= 15 is 0 Å². The largest absolute Gasteiger partial charge is 0.478 e. The molecule has 0 aliphatic carbocycles. The maximum atomic E-state index is 12.3. The van der Waals surface area contributed by atoms with Crippen LogP contribution in [0, 0.1) is 6.92 Å². The van der Waals surface area contributed by atoms with Gasteiger partial charge in [-0.1, -0.05) is 47.6 Å². The number of anilines is 1. The Morgan fingerprint density at radius 1 is 1.11 bits per heavy atom. The van der Waals surface area contributed by atoms with E-state index < -0.39 is 18.2 Å². The zero-order valence-electron chi connectivity index (χ0n) is 14.8. The molecule has 2 aromatic carbocycles. The van der Waals surface area contributed by atoms with Crippen molar-refractivity contribution in [3.05, 3.63) is 71.4 Å². The predicted molar refractivity (Wildman–Crippen MR) is 98.6 cm³/mol. The van der Waals surface area contributed by atoms with Gasteiger partial charge in [0.05, 0.1) is 5.56 Å². The lowest BCUT2D eigenvalue weighted by Gasteiger charge is -2.14. The molecule has 3 aromatic rings. The number of hydrogen-bond donors (Lipinski definition) is 2. The first-order chi connectivity index (χ1) is 13.0. The Morgan fingerprint density at radius 2 is 1.78 bits per heavy atom. The highest BCUT2D eigenvalue weighted by Crippen LogP contribution is 2.31. The molecule has 0 spiro atoms. The van der Waals surface area contributed by atoms with Crippen molar-refractivity contribution in [2.24, 2.45) is 0 Å². The molecule has 138 valence electrons. The van der Waals surface area contributed by atoms with Crippen molar-refractivity contribution in [2.75, 3.05) is 5.32 Å². The summed E-state index contributed by atoms with van der Waals surface area (Å²) in [5.41, 5.74) is 2.48. The van der Waals surface area contributed by atoms with Gasteiger partial charge in [0.2, 0.25) is 0 Å². The first kappa shape index (κ1) is 18.2. The number of aryl methyl sites for hydroxylation is 1. The number of nitrogens with one attached hydrogen (secondary N) is 1. The minimum atomic E-state index is -1.02. The van der Waals surface area contributed by atoms with Gasteiger partial charge < -0.3 is 14.4 Å². The smallest absolute Gasteiger partial charge is 0.412 e. The van der Waals surface area contributed by atoms with Gasteiger partial charge in [-0.25, -0.2) is 9.59 Å². The average molecular weight is 366 g/mol. The molecule has 1 atom stereocenters.